The molecule has 0 aliphatic heterocycles. The standard InChI is InChI=1S/C6H9F2NO2/c7-4(8)6(1-2-6)3-9-5(10)11/h4,9H,1-3H2,(H,10,11). The Labute approximate surface area is 62.4 Å². The summed E-state index contributed by atoms with van der Waals surface area (Å²) in [4.78, 5) is 9.94. The number of rotatable bonds is 3. The number of nitrogens with one attached hydrogen (secondary N) is 1. The van der Waals surface area contributed by atoms with E-state index in [0.29, 0.717) is 12.8 Å². The average Bonchev–Trinajstić information content (AvgIpc) is 2.63. The van der Waals surface area contributed by atoms with Gasteiger partial charge in [-0.2, -0.15) is 0 Å². The topological polar surface area (TPSA) is 49.3 Å². The summed E-state index contributed by atoms with van der Waals surface area (Å²) in [7, 11) is 0. The average molecular weight is 165 g/mol. The molecule has 0 spiro atoms. The first-order chi connectivity index (χ1) is 5.07. The van der Waals surface area contributed by atoms with Crippen LogP contribution in [-0.4, -0.2) is 24.2 Å². The van der Waals surface area contributed by atoms with Crippen molar-refractivity contribution in [1.82, 2.24) is 5.32 Å². The molecule has 1 fully saturated rings. The van der Waals surface area contributed by atoms with Gasteiger partial charge in [-0.1, -0.05) is 0 Å². The molecular weight excluding hydrogens is 156 g/mol. The van der Waals surface area contributed by atoms with Gasteiger partial charge in [-0.15, -0.1) is 0 Å². The third-order valence-corrected chi connectivity index (χ3v) is 1.95. The van der Waals surface area contributed by atoms with Crippen LogP contribution in [0, 0.1) is 5.41 Å². The molecular formula is C6H9F2NO2. The number of hydrogen-bond acceptors (Lipinski definition) is 1. The van der Waals surface area contributed by atoms with Gasteiger partial charge in [-0.25, -0.2) is 13.6 Å². The van der Waals surface area contributed by atoms with Crippen LogP contribution >= 0.6 is 0 Å². The van der Waals surface area contributed by atoms with Gasteiger partial charge in [0.05, 0.1) is 0 Å². The van der Waals surface area contributed by atoms with Crippen molar-refractivity contribution < 1.29 is 18.7 Å². The summed E-state index contributed by atoms with van der Waals surface area (Å²) in [6.45, 7) is -0.125. The fourth-order valence-corrected chi connectivity index (χ4v) is 0.884. The first-order valence-electron chi connectivity index (χ1n) is 3.32. The predicted molar refractivity (Wildman–Crippen MR) is 33.7 cm³/mol. The van der Waals surface area contributed by atoms with Crippen molar-refractivity contribution in [3.63, 3.8) is 0 Å². The van der Waals surface area contributed by atoms with E-state index in [1.807, 2.05) is 5.32 Å². The smallest absolute Gasteiger partial charge is 0.404 e. The fourth-order valence-electron chi connectivity index (χ4n) is 0.884. The van der Waals surface area contributed by atoms with Crippen molar-refractivity contribution in [3.05, 3.63) is 0 Å². The highest BCUT2D eigenvalue weighted by atomic mass is 19.3. The highest BCUT2D eigenvalue weighted by Crippen LogP contribution is 2.49. The molecule has 0 radical (unpaired) electrons. The molecule has 0 aromatic rings. The zero-order valence-corrected chi connectivity index (χ0v) is 5.81. The van der Waals surface area contributed by atoms with Gasteiger partial charge in [-0.05, 0) is 12.8 Å². The van der Waals surface area contributed by atoms with E-state index in [-0.39, 0.29) is 6.54 Å². The Morgan fingerprint density at radius 2 is 2.18 bits per heavy atom. The molecule has 1 aliphatic carbocycles. The Morgan fingerprint density at radius 3 is 2.45 bits per heavy atom. The molecule has 0 saturated heterocycles. The molecule has 1 amide bonds. The summed E-state index contributed by atoms with van der Waals surface area (Å²) in [6, 6.07) is 0. The van der Waals surface area contributed by atoms with Crippen LogP contribution < -0.4 is 5.32 Å². The Morgan fingerprint density at radius 1 is 1.64 bits per heavy atom. The molecule has 1 rings (SSSR count). The van der Waals surface area contributed by atoms with E-state index in [2.05, 4.69) is 0 Å². The van der Waals surface area contributed by atoms with Crippen molar-refractivity contribution in [1.29, 1.82) is 0 Å². The summed E-state index contributed by atoms with van der Waals surface area (Å²) >= 11 is 0. The van der Waals surface area contributed by atoms with Gasteiger partial charge in [0, 0.05) is 12.0 Å². The maximum absolute atomic E-state index is 12.1. The van der Waals surface area contributed by atoms with Gasteiger partial charge < -0.3 is 10.4 Å². The lowest BCUT2D eigenvalue weighted by molar-refractivity contribution is 0.0614. The third-order valence-electron chi connectivity index (χ3n) is 1.95. The zero-order valence-electron chi connectivity index (χ0n) is 5.81. The van der Waals surface area contributed by atoms with Crippen LogP contribution in [0.15, 0.2) is 0 Å². The summed E-state index contributed by atoms with van der Waals surface area (Å²) in [6.07, 6.45) is -2.80. The lowest BCUT2D eigenvalue weighted by Gasteiger charge is -2.12. The molecule has 0 unspecified atom stereocenters. The largest absolute Gasteiger partial charge is 0.465 e. The first kappa shape index (κ1) is 8.23. The Balaban J connectivity index is 2.30. The van der Waals surface area contributed by atoms with E-state index in [9.17, 15) is 13.6 Å². The van der Waals surface area contributed by atoms with Crippen LogP contribution in [0.2, 0.25) is 0 Å². The molecule has 3 nitrogen and oxygen atoms in total. The summed E-state index contributed by atoms with van der Waals surface area (Å²) in [5.41, 5.74) is -1.04. The van der Waals surface area contributed by atoms with Crippen LogP contribution in [0.4, 0.5) is 13.6 Å². The number of carboxylic acid groups (broad SMARTS) is 1. The third kappa shape index (κ3) is 1.78. The van der Waals surface area contributed by atoms with Crippen LogP contribution in [0.5, 0.6) is 0 Å². The van der Waals surface area contributed by atoms with Gasteiger partial charge in [-0.3, -0.25) is 0 Å². The minimum absolute atomic E-state index is 0.125. The molecule has 0 aromatic heterocycles. The number of halogens is 2. The van der Waals surface area contributed by atoms with E-state index >= 15 is 0 Å². The number of carbonyl (C=O) groups is 1. The summed E-state index contributed by atoms with van der Waals surface area (Å²) in [5.74, 6) is 0. The predicted octanol–water partition coefficient (Wildman–Crippen LogP) is 1.30. The van der Waals surface area contributed by atoms with Crippen molar-refractivity contribution >= 4 is 6.09 Å². The number of alkyl halides is 2. The molecule has 5 heteroatoms. The lowest BCUT2D eigenvalue weighted by Crippen LogP contribution is -2.32. The highest BCUT2D eigenvalue weighted by Gasteiger charge is 2.51. The van der Waals surface area contributed by atoms with Crippen LogP contribution in [0.25, 0.3) is 0 Å². The van der Waals surface area contributed by atoms with Crippen LogP contribution in [-0.2, 0) is 0 Å². The van der Waals surface area contributed by atoms with Gasteiger partial charge in [0.1, 0.15) is 0 Å². The number of amides is 1. The van der Waals surface area contributed by atoms with Gasteiger partial charge in [0.15, 0.2) is 0 Å². The van der Waals surface area contributed by atoms with Gasteiger partial charge >= 0.3 is 6.09 Å². The number of hydrogen-bond donors (Lipinski definition) is 2. The summed E-state index contributed by atoms with van der Waals surface area (Å²) in [5, 5.41) is 10.1. The molecule has 1 aliphatic rings. The van der Waals surface area contributed by atoms with Crippen molar-refractivity contribution in [2.45, 2.75) is 19.3 Å². The maximum Gasteiger partial charge on any atom is 0.404 e. The maximum atomic E-state index is 12.1. The SMILES string of the molecule is O=C(O)NCC1(C(F)F)CC1. The summed E-state index contributed by atoms with van der Waals surface area (Å²) < 4.78 is 24.2. The molecule has 64 valence electrons. The Kier molecular flexibility index (Phi) is 1.97. The van der Waals surface area contributed by atoms with Gasteiger partial charge in [0.2, 0.25) is 6.43 Å². The van der Waals surface area contributed by atoms with E-state index in [1.165, 1.54) is 0 Å². The molecule has 1 saturated carbocycles. The second-order valence-electron chi connectivity index (χ2n) is 2.82. The van der Waals surface area contributed by atoms with E-state index in [4.69, 9.17) is 5.11 Å². The van der Waals surface area contributed by atoms with E-state index in [0.717, 1.165) is 0 Å². The minimum Gasteiger partial charge on any atom is -0.465 e. The highest BCUT2D eigenvalue weighted by molar-refractivity contribution is 5.64. The normalized spacial score (nSPS) is 19.9. The molecule has 2 N–H and O–H groups in total. The van der Waals surface area contributed by atoms with Crippen molar-refractivity contribution in [2.75, 3.05) is 6.54 Å². The molecule has 0 aromatic carbocycles. The second kappa shape index (κ2) is 2.64. The monoisotopic (exact) mass is 165 g/mol. The van der Waals surface area contributed by atoms with Crippen LogP contribution in [0.1, 0.15) is 12.8 Å². The van der Waals surface area contributed by atoms with E-state index < -0.39 is 17.9 Å². The van der Waals surface area contributed by atoms with Crippen molar-refractivity contribution in [3.8, 4) is 0 Å². The molecule has 11 heavy (non-hydrogen) atoms. The quantitative estimate of drug-likeness (QED) is 0.662. The molecule has 0 bridgehead atoms. The minimum atomic E-state index is -2.41. The van der Waals surface area contributed by atoms with E-state index in [1.54, 1.807) is 0 Å². The fraction of sp³-hybridized carbons (Fsp3) is 0.833. The first-order valence-corrected chi connectivity index (χ1v) is 3.32. The van der Waals surface area contributed by atoms with Gasteiger partial charge in [0.25, 0.3) is 0 Å². The lowest BCUT2D eigenvalue weighted by atomic mass is 10.1. The Hall–Kier alpha value is -0.870. The molecule has 0 atom stereocenters. The zero-order chi connectivity index (χ0) is 8.48. The van der Waals surface area contributed by atoms with Crippen LogP contribution in [0.3, 0.4) is 0 Å². The second-order valence-corrected chi connectivity index (χ2v) is 2.82. The molecule has 0 heterocycles. The Bertz CT molecular complexity index is 168. The van der Waals surface area contributed by atoms with Crippen molar-refractivity contribution in [2.24, 2.45) is 5.41 Å².